The number of pyridine rings is 1. The Balaban J connectivity index is 1.78. The Morgan fingerprint density at radius 3 is 2.57 bits per heavy atom. The van der Waals surface area contributed by atoms with E-state index < -0.39 is 0 Å². The van der Waals surface area contributed by atoms with Crippen LogP contribution in [0.15, 0.2) is 42.7 Å². The first-order chi connectivity index (χ1) is 14.5. The molecule has 0 unspecified atom stereocenters. The van der Waals surface area contributed by atoms with Gasteiger partial charge in [-0.2, -0.15) is 0 Å². The van der Waals surface area contributed by atoms with Crippen LogP contribution in [0.2, 0.25) is 0 Å². The van der Waals surface area contributed by atoms with Crippen LogP contribution < -0.4 is 15.0 Å². The summed E-state index contributed by atoms with van der Waals surface area (Å²) >= 11 is 0. The largest absolute Gasteiger partial charge is 0.478 e. The van der Waals surface area contributed by atoms with Gasteiger partial charge < -0.3 is 14.8 Å². The number of rotatable bonds is 8. The fourth-order valence-corrected chi connectivity index (χ4v) is 2.81. The molecule has 0 atom stereocenters. The normalized spacial score (nSPS) is 11.0. The zero-order valence-corrected chi connectivity index (χ0v) is 17.8. The summed E-state index contributed by atoms with van der Waals surface area (Å²) in [6, 6.07) is 9.44. The van der Waals surface area contributed by atoms with Gasteiger partial charge in [0, 0.05) is 51.1 Å². The second-order valence-corrected chi connectivity index (χ2v) is 7.17. The van der Waals surface area contributed by atoms with Crippen molar-refractivity contribution >= 4 is 22.9 Å². The zero-order valence-electron chi connectivity index (χ0n) is 17.8. The average molecular weight is 409 g/mol. The number of anilines is 1. The van der Waals surface area contributed by atoms with Crippen molar-refractivity contribution in [1.29, 1.82) is 0 Å². The lowest BCUT2D eigenvalue weighted by atomic mass is 10.1. The minimum Gasteiger partial charge on any atom is -0.478 e. The van der Waals surface area contributed by atoms with Gasteiger partial charge in [-0.25, -0.2) is 14.8 Å². The Labute approximate surface area is 176 Å². The van der Waals surface area contributed by atoms with Gasteiger partial charge in [0.05, 0.1) is 23.8 Å². The number of hydrogen-bond acceptors (Lipinski definition) is 6. The number of fused-ring (bicyclic) bond motifs is 1. The number of methoxy groups -OCH3 is 1. The Kier molecular flexibility index (Phi) is 7.13. The van der Waals surface area contributed by atoms with Gasteiger partial charge in [-0.15, -0.1) is 0 Å². The maximum Gasteiger partial charge on any atom is 0.323 e. The molecule has 0 aliphatic carbocycles. The summed E-state index contributed by atoms with van der Waals surface area (Å²) in [7, 11) is 3.34. The van der Waals surface area contributed by atoms with Crippen LogP contribution in [0.4, 0.5) is 10.6 Å². The van der Waals surface area contributed by atoms with Crippen molar-refractivity contribution in [2.24, 2.45) is 0 Å². The molecule has 0 saturated heterocycles. The third-order valence-corrected chi connectivity index (χ3v) is 4.40. The van der Waals surface area contributed by atoms with Gasteiger partial charge in [-0.1, -0.05) is 6.07 Å². The third kappa shape index (κ3) is 5.42. The first-order valence-corrected chi connectivity index (χ1v) is 9.87. The molecule has 0 spiro atoms. The molecule has 0 aliphatic heterocycles. The molecule has 2 aromatic heterocycles. The van der Waals surface area contributed by atoms with Gasteiger partial charge in [-0.05, 0) is 37.6 Å². The minimum absolute atomic E-state index is 0.0411. The molecular formula is C22H27N5O3. The van der Waals surface area contributed by atoms with Crippen molar-refractivity contribution in [3.8, 4) is 17.0 Å². The number of hydrogen-bond donors (Lipinski definition) is 1. The lowest BCUT2D eigenvalue weighted by molar-refractivity contribution is 0.170. The van der Waals surface area contributed by atoms with Crippen molar-refractivity contribution in [3.63, 3.8) is 0 Å². The number of benzene rings is 1. The molecule has 8 nitrogen and oxygen atoms in total. The highest BCUT2D eigenvalue weighted by Gasteiger charge is 2.14. The van der Waals surface area contributed by atoms with E-state index in [4.69, 9.17) is 9.47 Å². The van der Waals surface area contributed by atoms with Gasteiger partial charge in [-0.3, -0.25) is 9.88 Å². The topological polar surface area (TPSA) is 89.5 Å². The number of carbonyl (C=O) groups is 1. The van der Waals surface area contributed by atoms with Crippen molar-refractivity contribution in [1.82, 2.24) is 20.3 Å². The van der Waals surface area contributed by atoms with Crippen LogP contribution in [0.5, 0.6) is 5.88 Å². The number of nitrogens with one attached hydrogen (secondary N) is 1. The van der Waals surface area contributed by atoms with Gasteiger partial charge in [0.1, 0.15) is 0 Å². The van der Waals surface area contributed by atoms with Gasteiger partial charge in [0.2, 0.25) is 5.88 Å². The molecule has 0 bridgehead atoms. The van der Waals surface area contributed by atoms with Crippen LogP contribution in [0.1, 0.15) is 20.3 Å². The summed E-state index contributed by atoms with van der Waals surface area (Å²) in [5.41, 5.74) is 3.36. The average Bonchev–Trinajstić information content (AvgIpc) is 2.75. The van der Waals surface area contributed by atoms with E-state index >= 15 is 0 Å². The van der Waals surface area contributed by atoms with E-state index in [1.54, 1.807) is 26.6 Å². The van der Waals surface area contributed by atoms with E-state index in [-0.39, 0.29) is 12.1 Å². The van der Waals surface area contributed by atoms with Gasteiger partial charge in [0.25, 0.3) is 0 Å². The predicted molar refractivity (Wildman–Crippen MR) is 117 cm³/mol. The standard InChI is InChI=1S/C22H27N5O3/c1-15(2)25-22(28)27(3)20-14-23-18-8-6-16(12-19(18)26-20)17-7-9-21(24-13-17)30-11-5-10-29-4/h6-9,12-15H,5,10-11H2,1-4H3,(H,25,28). The lowest BCUT2D eigenvalue weighted by Crippen LogP contribution is -2.41. The number of nitrogens with zero attached hydrogens (tertiary/aromatic N) is 4. The summed E-state index contributed by atoms with van der Waals surface area (Å²) in [6.07, 6.45) is 4.18. The van der Waals surface area contributed by atoms with Crippen LogP contribution >= 0.6 is 0 Å². The zero-order chi connectivity index (χ0) is 21.5. The Morgan fingerprint density at radius 2 is 1.87 bits per heavy atom. The summed E-state index contributed by atoms with van der Waals surface area (Å²) in [6.45, 7) is 5.04. The molecule has 0 radical (unpaired) electrons. The maximum absolute atomic E-state index is 12.2. The van der Waals surface area contributed by atoms with Crippen molar-refractivity contribution < 1.29 is 14.3 Å². The molecular weight excluding hydrogens is 382 g/mol. The SMILES string of the molecule is COCCCOc1ccc(-c2ccc3ncc(N(C)C(=O)NC(C)C)nc3c2)cn1. The first-order valence-electron chi connectivity index (χ1n) is 9.87. The van der Waals surface area contributed by atoms with Gasteiger partial charge >= 0.3 is 6.03 Å². The Bertz CT molecular complexity index is 992. The Morgan fingerprint density at radius 1 is 1.07 bits per heavy atom. The number of aromatic nitrogens is 3. The minimum atomic E-state index is -0.222. The maximum atomic E-state index is 12.2. The van der Waals surface area contributed by atoms with Crippen LogP contribution in [0.25, 0.3) is 22.2 Å². The second kappa shape index (κ2) is 9.98. The summed E-state index contributed by atoms with van der Waals surface area (Å²) in [4.78, 5) is 27.1. The van der Waals surface area contributed by atoms with Gasteiger partial charge in [0.15, 0.2) is 5.82 Å². The lowest BCUT2D eigenvalue weighted by Gasteiger charge is -2.18. The van der Waals surface area contributed by atoms with Crippen LogP contribution in [0.3, 0.4) is 0 Å². The smallest absolute Gasteiger partial charge is 0.323 e. The first kappa shape index (κ1) is 21.4. The van der Waals surface area contributed by atoms with Crippen molar-refractivity contribution in [2.75, 3.05) is 32.3 Å². The van der Waals surface area contributed by atoms with Crippen molar-refractivity contribution in [3.05, 3.63) is 42.7 Å². The summed E-state index contributed by atoms with van der Waals surface area (Å²) < 4.78 is 10.6. The molecule has 0 saturated carbocycles. The summed E-state index contributed by atoms with van der Waals surface area (Å²) in [5.74, 6) is 1.06. The molecule has 3 aromatic rings. The van der Waals surface area contributed by atoms with E-state index in [0.29, 0.717) is 30.4 Å². The fraction of sp³-hybridized carbons (Fsp3) is 0.364. The number of urea groups is 1. The number of ether oxygens (including phenoxy) is 2. The van der Waals surface area contributed by atoms with E-state index in [1.165, 1.54) is 4.90 Å². The third-order valence-electron chi connectivity index (χ3n) is 4.40. The second-order valence-electron chi connectivity index (χ2n) is 7.17. The fourth-order valence-electron chi connectivity index (χ4n) is 2.81. The predicted octanol–water partition coefficient (Wildman–Crippen LogP) is 3.66. The highest BCUT2D eigenvalue weighted by atomic mass is 16.5. The van der Waals surface area contributed by atoms with E-state index in [9.17, 15) is 4.79 Å². The molecule has 3 rings (SSSR count). The molecule has 0 fully saturated rings. The highest BCUT2D eigenvalue weighted by molar-refractivity contribution is 5.91. The number of carbonyl (C=O) groups excluding carboxylic acids is 1. The molecule has 2 amide bonds. The highest BCUT2D eigenvalue weighted by Crippen LogP contribution is 2.24. The summed E-state index contributed by atoms with van der Waals surface area (Å²) in [5, 5.41) is 2.85. The molecule has 30 heavy (non-hydrogen) atoms. The van der Waals surface area contributed by atoms with E-state index in [2.05, 4.69) is 20.3 Å². The van der Waals surface area contributed by atoms with Crippen LogP contribution in [-0.2, 0) is 4.74 Å². The van der Waals surface area contributed by atoms with Crippen LogP contribution in [0, 0.1) is 0 Å². The molecule has 0 aliphatic rings. The Hall–Kier alpha value is -3.26. The molecule has 1 N–H and O–H groups in total. The molecule has 158 valence electrons. The molecule has 2 heterocycles. The molecule has 1 aromatic carbocycles. The van der Waals surface area contributed by atoms with E-state index in [1.807, 2.05) is 44.2 Å². The number of amides is 2. The van der Waals surface area contributed by atoms with E-state index in [0.717, 1.165) is 23.1 Å². The van der Waals surface area contributed by atoms with Crippen LogP contribution in [-0.4, -0.2) is 54.4 Å². The quantitative estimate of drug-likeness (QED) is 0.571. The molecule has 8 heteroatoms. The monoisotopic (exact) mass is 409 g/mol. The van der Waals surface area contributed by atoms with Crippen molar-refractivity contribution in [2.45, 2.75) is 26.3 Å².